The molecule has 0 fully saturated rings. The van der Waals surface area contributed by atoms with E-state index in [9.17, 15) is 0 Å². The van der Waals surface area contributed by atoms with Gasteiger partial charge < -0.3 is 5.11 Å². The SMILES string of the molecule is OCc1cnnn1Cc1cc(Br)cs1. The fourth-order valence-corrected chi connectivity index (χ4v) is 2.55. The van der Waals surface area contributed by atoms with Crippen LogP contribution in [-0.4, -0.2) is 20.1 Å². The summed E-state index contributed by atoms with van der Waals surface area (Å²) in [6.45, 7) is 0.631. The topological polar surface area (TPSA) is 50.9 Å². The van der Waals surface area contributed by atoms with Crippen molar-refractivity contribution in [1.82, 2.24) is 15.0 Å². The highest BCUT2D eigenvalue weighted by molar-refractivity contribution is 9.10. The first-order chi connectivity index (χ1) is 6.79. The molecule has 0 aliphatic rings. The first-order valence-electron chi connectivity index (χ1n) is 4.00. The number of rotatable bonds is 3. The van der Waals surface area contributed by atoms with E-state index in [0.29, 0.717) is 6.54 Å². The van der Waals surface area contributed by atoms with Crippen molar-refractivity contribution in [2.45, 2.75) is 13.2 Å². The van der Waals surface area contributed by atoms with Crippen LogP contribution in [0.15, 0.2) is 22.1 Å². The third kappa shape index (κ3) is 2.02. The minimum absolute atomic E-state index is 0.0282. The third-order valence-electron chi connectivity index (χ3n) is 1.79. The second-order valence-corrected chi connectivity index (χ2v) is 4.68. The van der Waals surface area contributed by atoms with Gasteiger partial charge >= 0.3 is 0 Å². The Morgan fingerprint density at radius 3 is 3.07 bits per heavy atom. The highest BCUT2D eigenvalue weighted by Gasteiger charge is 2.04. The van der Waals surface area contributed by atoms with Crippen LogP contribution in [0.25, 0.3) is 0 Å². The van der Waals surface area contributed by atoms with Crippen LogP contribution in [-0.2, 0) is 13.2 Å². The smallest absolute Gasteiger partial charge is 0.0866 e. The fraction of sp³-hybridized carbons (Fsp3) is 0.250. The molecule has 14 heavy (non-hydrogen) atoms. The molecule has 0 atom stereocenters. The van der Waals surface area contributed by atoms with E-state index in [1.807, 2.05) is 11.4 Å². The monoisotopic (exact) mass is 273 g/mol. The van der Waals surface area contributed by atoms with Crippen molar-refractivity contribution in [2.24, 2.45) is 0 Å². The van der Waals surface area contributed by atoms with Crippen molar-refractivity contribution in [3.63, 3.8) is 0 Å². The summed E-state index contributed by atoms with van der Waals surface area (Å²) in [6.07, 6.45) is 1.57. The van der Waals surface area contributed by atoms with Gasteiger partial charge in [0.1, 0.15) is 0 Å². The Morgan fingerprint density at radius 2 is 2.43 bits per heavy atom. The lowest BCUT2D eigenvalue weighted by Gasteiger charge is -2.00. The summed E-state index contributed by atoms with van der Waals surface area (Å²) in [5, 5.41) is 18.6. The van der Waals surface area contributed by atoms with Crippen LogP contribution < -0.4 is 0 Å². The Morgan fingerprint density at radius 1 is 1.57 bits per heavy atom. The predicted molar refractivity (Wildman–Crippen MR) is 57.1 cm³/mol. The summed E-state index contributed by atoms with van der Waals surface area (Å²) in [5.41, 5.74) is 0.731. The summed E-state index contributed by atoms with van der Waals surface area (Å²) >= 11 is 5.04. The number of halogens is 1. The second-order valence-electron chi connectivity index (χ2n) is 2.77. The number of hydrogen-bond acceptors (Lipinski definition) is 4. The van der Waals surface area contributed by atoms with Gasteiger partial charge in [-0.2, -0.15) is 0 Å². The molecule has 2 heterocycles. The van der Waals surface area contributed by atoms with Crippen LogP contribution >= 0.6 is 27.3 Å². The van der Waals surface area contributed by atoms with E-state index >= 15 is 0 Å². The normalized spacial score (nSPS) is 10.7. The first kappa shape index (κ1) is 9.82. The first-order valence-corrected chi connectivity index (χ1v) is 5.68. The quantitative estimate of drug-likeness (QED) is 0.925. The van der Waals surface area contributed by atoms with Gasteiger partial charge in [0, 0.05) is 14.7 Å². The van der Waals surface area contributed by atoms with Gasteiger partial charge in [0.25, 0.3) is 0 Å². The van der Waals surface area contributed by atoms with E-state index in [1.165, 1.54) is 4.88 Å². The van der Waals surface area contributed by atoms with Crippen LogP contribution in [0.3, 0.4) is 0 Å². The maximum Gasteiger partial charge on any atom is 0.0866 e. The van der Waals surface area contributed by atoms with Gasteiger partial charge in [-0.25, -0.2) is 4.68 Å². The van der Waals surface area contributed by atoms with E-state index in [4.69, 9.17) is 5.11 Å². The number of thiophene rings is 1. The molecule has 2 aromatic rings. The Hall–Kier alpha value is -0.720. The lowest BCUT2D eigenvalue weighted by molar-refractivity contribution is 0.269. The van der Waals surface area contributed by atoms with Crippen molar-refractivity contribution in [3.05, 3.63) is 32.7 Å². The third-order valence-corrected chi connectivity index (χ3v) is 3.47. The van der Waals surface area contributed by atoms with Crippen molar-refractivity contribution < 1.29 is 5.11 Å². The van der Waals surface area contributed by atoms with Crippen LogP contribution in [0.2, 0.25) is 0 Å². The molecule has 4 nitrogen and oxygen atoms in total. The van der Waals surface area contributed by atoms with Crippen LogP contribution in [0.5, 0.6) is 0 Å². The molecular formula is C8H8BrN3OS. The minimum atomic E-state index is -0.0282. The molecule has 0 spiro atoms. The zero-order valence-electron chi connectivity index (χ0n) is 7.22. The van der Waals surface area contributed by atoms with Crippen LogP contribution in [0.4, 0.5) is 0 Å². The average molecular weight is 274 g/mol. The van der Waals surface area contributed by atoms with Gasteiger partial charge in [-0.15, -0.1) is 16.4 Å². The molecule has 0 bridgehead atoms. The molecule has 74 valence electrons. The predicted octanol–water partition coefficient (Wildman–Crippen LogP) is 1.64. The molecule has 0 aliphatic heterocycles. The van der Waals surface area contributed by atoms with Crippen LogP contribution in [0, 0.1) is 0 Å². The molecule has 2 rings (SSSR count). The van der Waals surface area contributed by atoms with E-state index in [1.54, 1.807) is 22.2 Å². The summed E-state index contributed by atoms with van der Waals surface area (Å²) in [5.74, 6) is 0. The molecule has 0 aromatic carbocycles. The highest BCUT2D eigenvalue weighted by atomic mass is 79.9. The van der Waals surface area contributed by atoms with Gasteiger partial charge in [0.15, 0.2) is 0 Å². The Kier molecular flexibility index (Phi) is 2.95. The Balaban J connectivity index is 2.18. The molecule has 0 saturated heterocycles. The Bertz CT molecular complexity index is 426. The van der Waals surface area contributed by atoms with Gasteiger partial charge in [-0.05, 0) is 22.0 Å². The van der Waals surface area contributed by atoms with Crippen molar-refractivity contribution in [1.29, 1.82) is 0 Å². The highest BCUT2D eigenvalue weighted by Crippen LogP contribution is 2.20. The van der Waals surface area contributed by atoms with Crippen molar-refractivity contribution >= 4 is 27.3 Å². The van der Waals surface area contributed by atoms with Crippen molar-refractivity contribution in [2.75, 3.05) is 0 Å². The molecule has 0 aliphatic carbocycles. The molecule has 6 heteroatoms. The van der Waals surface area contributed by atoms with Crippen LogP contribution in [0.1, 0.15) is 10.6 Å². The van der Waals surface area contributed by atoms with Gasteiger partial charge in [-0.3, -0.25) is 0 Å². The minimum Gasteiger partial charge on any atom is -0.390 e. The summed E-state index contributed by atoms with van der Waals surface area (Å²) in [4.78, 5) is 1.18. The summed E-state index contributed by atoms with van der Waals surface area (Å²) in [6, 6.07) is 2.04. The molecule has 0 saturated carbocycles. The summed E-state index contributed by atoms with van der Waals surface area (Å²) < 4.78 is 2.77. The Labute approximate surface area is 93.3 Å². The second kappa shape index (κ2) is 4.20. The van der Waals surface area contributed by atoms with Crippen molar-refractivity contribution in [3.8, 4) is 0 Å². The standard InChI is InChI=1S/C8H8BrN3OS/c9-6-1-8(14-5-6)3-12-7(4-13)2-10-11-12/h1-2,5,13H,3-4H2. The zero-order valence-corrected chi connectivity index (χ0v) is 9.62. The number of aromatic nitrogens is 3. The number of nitrogens with zero attached hydrogens (tertiary/aromatic N) is 3. The summed E-state index contributed by atoms with van der Waals surface area (Å²) in [7, 11) is 0. The zero-order chi connectivity index (χ0) is 9.97. The van der Waals surface area contributed by atoms with Gasteiger partial charge in [-0.1, -0.05) is 5.21 Å². The maximum atomic E-state index is 8.98. The molecular weight excluding hydrogens is 266 g/mol. The maximum absolute atomic E-state index is 8.98. The van der Waals surface area contributed by atoms with Gasteiger partial charge in [0.05, 0.1) is 25.0 Å². The number of aliphatic hydroxyl groups is 1. The lowest BCUT2D eigenvalue weighted by atomic mass is 10.4. The average Bonchev–Trinajstić information content (AvgIpc) is 2.76. The lowest BCUT2D eigenvalue weighted by Crippen LogP contribution is -2.05. The van der Waals surface area contributed by atoms with E-state index in [0.717, 1.165) is 10.2 Å². The van der Waals surface area contributed by atoms with E-state index in [2.05, 4.69) is 26.2 Å². The molecule has 0 amide bonds. The fourth-order valence-electron chi connectivity index (χ4n) is 1.12. The van der Waals surface area contributed by atoms with E-state index in [-0.39, 0.29) is 6.61 Å². The molecule has 0 radical (unpaired) electrons. The van der Waals surface area contributed by atoms with Gasteiger partial charge in [0.2, 0.25) is 0 Å². The molecule has 2 aromatic heterocycles. The van der Waals surface area contributed by atoms with E-state index < -0.39 is 0 Å². The number of hydrogen-bond donors (Lipinski definition) is 1. The largest absolute Gasteiger partial charge is 0.390 e. The molecule has 1 N–H and O–H groups in total. The molecule has 0 unspecified atom stereocenters. The number of aliphatic hydroxyl groups excluding tert-OH is 1.